The summed E-state index contributed by atoms with van der Waals surface area (Å²) in [6, 6.07) is 9.96. The molecule has 1 rings (SSSR count). The first-order chi connectivity index (χ1) is 7.90. The number of amides is 1. The molecular weight excluding hydrogens is 228 g/mol. The van der Waals surface area contributed by atoms with E-state index < -0.39 is 8.07 Å². The Morgan fingerprint density at radius 3 is 2.35 bits per heavy atom. The summed E-state index contributed by atoms with van der Waals surface area (Å²) in [4.78, 5) is 11.7. The summed E-state index contributed by atoms with van der Waals surface area (Å²) in [7, 11) is -1.16. The van der Waals surface area contributed by atoms with Crippen molar-refractivity contribution in [2.75, 3.05) is 5.32 Å². The molecule has 0 saturated carbocycles. The quantitative estimate of drug-likeness (QED) is 0.829. The Hall–Kier alpha value is -1.60. The van der Waals surface area contributed by atoms with Gasteiger partial charge < -0.3 is 5.32 Å². The van der Waals surface area contributed by atoms with Crippen molar-refractivity contribution in [2.45, 2.75) is 32.1 Å². The average Bonchev–Trinajstić information content (AvgIpc) is 2.27. The van der Waals surface area contributed by atoms with Gasteiger partial charge in [-0.1, -0.05) is 19.6 Å². The maximum atomic E-state index is 11.7. The van der Waals surface area contributed by atoms with Crippen LogP contribution in [-0.2, 0) is 4.79 Å². The molecule has 0 aliphatic carbocycles. The van der Waals surface area contributed by atoms with Crippen LogP contribution in [0.3, 0.4) is 0 Å². The summed E-state index contributed by atoms with van der Waals surface area (Å²) >= 11 is 0. The average molecular weight is 246 g/mol. The van der Waals surface area contributed by atoms with E-state index in [1.165, 1.54) is 0 Å². The molecule has 17 heavy (non-hydrogen) atoms. The standard InChI is InChI=1S/C13H18N2OSi/c1-17(2,3)9-8-13(16)15-12-6-4-11(10-14)5-7-12/h4-7H,8-9H2,1-3H3,(H,15,16). The van der Waals surface area contributed by atoms with Crippen molar-refractivity contribution < 1.29 is 4.79 Å². The van der Waals surface area contributed by atoms with Gasteiger partial charge in [0.15, 0.2) is 0 Å². The molecule has 0 fully saturated rings. The number of nitrogens with zero attached hydrogens (tertiary/aromatic N) is 1. The molecule has 0 aromatic heterocycles. The second kappa shape index (κ2) is 5.64. The van der Waals surface area contributed by atoms with E-state index in [1.54, 1.807) is 24.3 Å². The second-order valence-electron chi connectivity index (χ2n) is 5.30. The molecule has 90 valence electrons. The Balaban J connectivity index is 2.48. The van der Waals surface area contributed by atoms with Crippen molar-refractivity contribution in [3.8, 4) is 6.07 Å². The molecule has 0 aliphatic rings. The number of rotatable bonds is 4. The fraction of sp³-hybridized carbons (Fsp3) is 0.385. The van der Waals surface area contributed by atoms with Gasteiger partial charge in [0.1, 0.15) is 0 Å². The van der Waals surface area contributed by atoms with E-state index in [0.717, 1.165) is 11.7 Å². The summed E-state index contributed by atoms with van der Waals surface area (Å²) in [6.07, 6.45) is 0.579. The number of anilines is 1. The van der Waals surface area contributed by atoms with Gasteiger partial charge >= 0.3 is 0 Å². The summed E-state index contributed by atoms with van der Waals surface area (Å²) in [5.74, 6) is 0.0529. The van der Waals surface area contributed by atoms with Crippen LogP contribution in [0, 0.1) is 11.3 Å². The minimum absolute atomic E-state index is 0.0529. The Kier molecular flexibility index (Phi) is 4.47. The van der Waals surface area contributed by atoms with Gasteiger partial charge in [0.05, 0.1) is 11.6 Å². The summed E-state index contributed by atoms with van der Waals surface area (Å²) in [5.41, 5.74) is 1.36. The third-order valence-electron chi connectivity index (χ3n) is 2.40. The molecule has 0 unspecified atom stereocenters. The Bertz CT molecular complexity index is 426. The van der Waals surface area contributed by atoms with Crippen LogP contribution in [0.25, 0.3) is 0 Å². The third-order valence-corrected chi connectivity index (χ3v) is 4.15. The molecular formula is C13H18N2OSi. The lowest BCUT2D eigenvalue weighted by Crippen LogP contribution is -2.22. The lowest BCUT2D eigenvalue weighted by Gasteiger charge is -2.14. The highest BCUT2D eigenvalue weighted by atomic mass is 28.3. The highest BCUT2D eigenvalue weighted by Gasteiger charge is 2.14. The molecule has 1 amide bonds. The number of hydrogen-bond donors (Lipinski definition) is 1. The smallest absolute Gasteiger partial charge is 0.224 e. The van der Waals surface area contributed by atoms with Gasteiger partial charge in [-0.05, 0) is 30.3 Å². The number of benzene rings is 1. The first kappa shape index (κ1) is 13.5. The van der Waals surface area contributed by atoms with Crippen LogP contribution >= 0.6 is 0 Å². The molecule has 1 aromatic carbocycles. The Morgan fingerprint density at radius 1 is 1.29 bits per heavy atom. The van der Waals surface area contributed by atoms with Crippen molar-refractivity contribution >= 4 is 19.7 Å². The number of hydrogen-bond acceptors (Lipinski definition) is 2. The van der Waals surface area contributed by atoms with Gasteiger partial charge in [0.25, 0.3) is 0 Å². The van der Waals surface area contributed by atoms with E-state index in [-0.39, 0.29) is 5.91 Å². The van der Waals surface area contributed by atoms with E-state index in [1.807, 2.05) is 6.07 Å². The first-order valence-electron chi connectivity index (χ1n) is 5.71. The molecule has 0 spiro atoms. The van der Waals surface area contributed by atoms with Gasteiger partial charge in [-0.15, -0.1) is 0 Å². The second-order valence-corrected chi connectivity index (χ2v) is 10.9. The SMILES string of the molecule is C[Si](C)(C)CCC(=O)Nc1ccc(C#N)cc1. The molecule has 3 nitrogen and oxygen atoms in total. The maximum Gasteiger partial charge on any atom is 0.224 e. The van der Waals surface area contributed by atoms with E-state index in [4.69, 9.17) is 5.26 Å². The van der Waals surface area contributed by atoms with Crippen LogP contribution in [0.4, 0.5) is 5.69 Å². The fourth-order valence-corrected chi connectivity index (χ4v) is 2.32. The highest BCUT2D eigenvalue weighted by Crippen LogP contribution is 2.13. The number of carbonyl (C=O) groups excluding carboxylic acids is 1. The van der Waals surface area contributed by atoms with Crippen LogP contribution in [0.1, 0.15) is 12.0 Å². The topological polar surface area (TPSA) is 52.9 Å². The zero-order chi connectivity index (χ0) is 12.9. The van der Waals surface area contributed by atoms with Gasteiger partial charge in [-0.2, -0.15) is 5.26 Å². The van der Waals surface area contributed by atoms with E-state index in [2.05, 4.69) is 25.0 Å². The predicted octanol–water partition coefficient (Wildman–Crippen LogP) is 3.23. The first-order valence-corrected chi connectivity index (χ1v) is 9.41. The van der Waals surface area contributed by atoms with Gasteiger partial charge in [-0.25, -0.2) is 0 Å². The van der Waals surface area contributed by atoms with Crippen molar-refractivity contribution in [3.05, 3.63) is 29.8 Å². The molecule has 1 aromatic rings. The summed E-state index contributed by atoms with van der Waals surface area (Å²) < 4.78 is 0. The molecule has 0 heterocycles. The lowest BCUT2D eigenvalue weighted by molar-refractivity contribution is -0.115. The molecule has 0 bridgehead atoms. The fourth-order valence-electron chi connectivity index (χ4n) is 1.34. The zero-order valence-electron chi connectivity index (χ0n) is 10.6. The predicted molar refractivity (Wildman–Crippen MR) is 72.6 cm³/mol. The monoisotopic (exact) mass is 246 g/mol. The molecule has 0 aliphatic heterocycles. The van der Waals surface area contributed by atoms with Crippen molar-refractivity contribution in [1.82, 2.24) is 0 Å². The van der Waals surface area contributed by atoms with Crippen molar-refractivity contribution in [1.29, 1.82) is 5.26 Å². The van der Waals surface area contributed by atoms with E-state index >= 15 is 0 Å². The molecule has 4 heteroatoms. The van der Waals surface area contributed by atoms with Crippen LogP contribution in [-0.4, -0.2) is 14.0 Å². The Morgan fingerprint density at radius 2 is 1.88 bits per heavy atom. The minimum Gasteiger partial charge on any atom is -0.326 e. The maximum absolute atomic E-state index is 11.7. The van der Waals surface area contributed by atoms with Crippen LogP contribution in [0.15, 0.2) is 24.3 Å². The third kappa shape index (κ3) is 5.32. The van der Waals surface area contributed by atoms with E-state index in [9.17, 15) is 4.79 Å². The van der Waals surface area contributed by atoms with Crippen LogP contribution in [0.2, 0.25) is 25.7 Å². The van der Waals surface area contributed by atoms with Crippen LogP contribution < -0.4 is 5.32 Å². The number of carbonyl (C=O) groups is 1. The van der Waals surface area contributed by atoms with Crippen molar-refractivity contribution in [2.24, 2.45) is 0 Å². The Labute approximate surface area is 103 Å². The highest BCUT2D eigenvalue weighted by molar-refractivity contribution is 6.76. The molecule has 0 radical (unpaired) electrons. The van der Waals surface area contributed by atoms with Gasteiger partial charge in [0, 0.05) is 20.2 Å². The zero-order valence-corrected chi connectivity index (χ0v) is 11.6. The van der Waals surface area contributed by atoms with Gasteiger partial charge in [-0.3, -0.25) is 4.79 Å². The molecule has 0 atom stereocenters. The molecule has 0 saturated heterocycles. The summed E-state index contributed by atoms with van der Waals surface area (Å²) in [5, 5.41) is 11.5. The number of nitrogens with one attached hydrogen (secondary N) is 1. The van der Waals surface area contributed by atoms with Crippen LogP contribution in [0.5, 0.6) is 0 Å². The van der Waals surface area contributed by atoms with Gasteiger partial charge in [0.2, 0.25) is 5.91 Å². The largest absolute Gasteiger partial charge is 0.326 e. The van der Waals surface area contributed by atoms with Crippen molar-refractivity contribution in [3.63, 3.8) is 0 Å². The molecule has 1 N–H and O–H groups in total. The van der Waals surface area contributed by atoms with E-state index in [0.29, 0.717) is 12.0 Å². The summed E-state index contributed by atoms with van der Waals surface area (Å²) in [6.45, 7) is 6.76. The normalized spacial score (nSPS) is 10.7. The minimum atomic E-state index is -1.16. The number of nitriles is 1. The lowest BCUT2D eigenvalue weighted by atomic mass is 10.2.